The number of para-hydroxylation sites is 2. The van der Waals surface area contributed by atoms with Gasteiger partial charge in [-0.2, -0.15) is 8.78 Å². The smallest absolute Gasteiger partial charge is 0.410 e. The summed E-state index contributed by atoms with van der Waals surface area (Å²) in [6.07, 6.45) is 4.96. The highest BCUT2D eigenvalue weighted by Crippen LogP contribution is 2.67. The molecule has 4 aromatic carbocycles. The number of alkyl halides is 2. The summed E-state index contributed by atoms with van der Waals surface area (Å²) >= 11 is 0. The van der Waals surface area contributed by atoms with Gasteiger partial charge in [0.15, 0.2) is 0 Å². The topological polar surface area (TPSA) is 292 Å². The quantitative estimate of drug-likeness (QED) is 0.0101. The van der Waals surface area contributed by atoms with Crippen LogP contribution < -0.4 is 32.3 Å². The van der Waals surface area contributed by atoms with Crippen LogP contribution in [-0.2, 0) is 111 Å². The number of imidazole rings is 1. The number of hydrogen-bond donors (Lipinski definition) is 4. The largest absolute Gasteiger partial charge is 0.438 e. The molecule has 488 valence electrons. The second-order valence-corrected chi connectivity index (χ2v) is 27.4. The molecule has 5 aromatic rings. The van der Waals surface area contributed by atoms with Crippen LogP contribution in [0.25, 0.3) is 16.6 Å². The predicted molar refractivity (Wildman–Crippen MR) is 333 cm³/mol. The summed E-state index contributed by atoms with van der Waals surface area (Å²) in [4.78, 5) is 119. The highest BCUT2D eigenvalue weighted by molar-refractivity contribution is 7.54. The van der Waals surface area contributed by atoms with Crippen LogP contribution >= 0.6 is 7.60 Å². The number of hydrogen-bond acceptors (Lipinski definition) is 15. The number of nitrogens with two attached hydrogens (primary N) is 1. The molecule has 6 amide bonds. The van der Waals surface area contributed by atoms with Gasteiger partial charge in [-0.15, -0.1) is 0 Å². The number of rotatable bonds is 26. The molecule has 3 aliphatic rings. The number of amides is 6. The van der Waals surface area contributed by atoms with Crippen molar-refractivity contribution < 1.29 is 75.0 Å². The van der Waals surface area contributed by atoms with Gasteiger partial charge in [0.2, 0.25) is 49.0 Å². The highest BCUT2D eigenvalue weighted by atomic mass is 31.2. The number of halogens is 2. The van der Waals surface area contributed by atoms with Crippen LogP contribution in [0.4, 0.5) is 14.5 Å². The normalized spacial score (nSPS) is 17.8. The number of primary amides is 1. The van der Waals surface area contributed by atoms with Crippen molar-refractivity contribution in [1.29, 1.82) is 0 Å². The lowest BCUT2D eigenvalue weighted by Gasteiger charge is -2.31. The van der Waals surface area contributed by atoms with E-state index in [0.29, 0.717) is 29.6 Å². The Morgan fingerprint density at radius 3 is 2.04 bits per heavy atom. The zero-order valence-electron chi connectivity index (χ0n) is 52.7. The summed E-state index contributed by atoms with van der Waals surface area (Å²) in [5.74, 6) is -4.81. The van der Waals surface area contributed by atoms with E-state index in [4.69, 9.17) is 29.0 Å². The average molecular weight is 1280 g/mol. The maximum atomic E-state index is 16.3. The predicted octanol–water partition coefficient (Wildman–Crippen LogP) is 8.40. The zero-order chi connectivity index (χ0) is 66.3. The van der Waals surface area contributed by atoms with Gasteiger partial charge in [0.25, 0.3) is 0 Å². The molecule has 22 nitrogen and oxygen atoms in total. The van der Waals surface area contributed by atoms with E-state index in [1.165, 1.54) is 69.2 Å². The van der Waals surface area contributed by atoms with Gasteiger partial charge in [0, 0.05) is 37.9 Å². The van der Waals surface area contributed by atoms with E-state index in [9.17, 15) is 47.7 Å². The van der Waals surface area contributed by atoms with Gasteiger partial charge < -0.3 is 30.6 Å². The number of carbonyl (C=O) groups is 8. The molecule has 91 heavy (non-hydrogen) atoms. The van der Waals surface area contributed by atoms with Gasteiger partial charge in [0.05, 0.1) is 46.3 Å². The number of aryl methyl sites for hydroxylation is 4. The minimum absolute atomic E-state index is 0.0626. The van der Waals surface area contributed by atoms with E-state index >= 15 is 8.78 Å². The van der Waals surface area contributed by atoms with Crippen molar-refractivity contribution in [3.05, 3.63) is 140 Å². The minimum Gasteiger partial charge on any atom is -0.438 e. The number of nitrogens with zero attached hydrogens (tertiary/aromatic N) is 3. The molecule has 1 aromatic heterocycles. The van der Waals surface area contributed by atoms with Crippen molar-refractivity contribution in [2.45, 2.75) is 169 Å². The maximum absolute atomic E-state index is 16.3. The number of esters is 2. The Morgan fingerprint density at radius 2 is 1.42 bits per heavy atom. The number of fused-ring (bicyclic) bond motifs is 1. The molecule has 0 bridgehead atoms. The molecule has 3 aliphatic heterocycles. The van der Waals surface area contributed by atoms with Crippen molar-refractivity contribution in [2.75, 3.05) is 18.5 Å². The van der Waals surface area contributed by atoms with Crippen LogP contribution in [0.1, 0.15) is 145 Å². The molecule has 0 radical (unpaired) electrons. The molecule has 0 saturated carbocycles. The van der Waals surface area contributed by atoms with E-state index in [1.807, 2.05) is 60.7 Å². The fourth-order valence-electron chi connectivity index (χ4n) is 11.2. The molecule has 5 atom stereocenters. The fourth-order valence-corrected chi connectivity index (χ4v) is 12.5. The van der Waals surface area contributed by atoms with Crippen LogP contribution in [0.5, 0.6) is 0 Å². The van der Waals surface area contributed by atoms with Crippen LogP contribution in [-0.4, -0.2) is 94.3 Å². The van der Waals surface area contributed by atoms with Gasteiger partial charge in [-0.1, -0.05) is 78.9 Å². The molecule has 1 fully saturated rings. The van der Waals surface area contributed by atoms with Crippen LogP contribution in [0, 0.1) is 10.8 Å². The number of anilines is 1. The van der Waals surface area contributed by atoms with E-state index < -0.39 is 115 Å². The Morgan fingerprint density at radius 1 is 0.802 bits per heavy atom. The molecule has 5 N–H and O–H groups in total. The number of nitrogens with one attached hydrogen (secondary N) is 3. The Hall–Kier alpha value is -8.18. The number of piperidine rings is 1. The minimum atomic E-state index is -5.61. The summed E-state index contributed by atoms with van der Waals surface area (Å²) in [5, 5.41) is 8.20. The van der Waals surface area contributed by atoms with Crippen LogP contribution in [0.15, 0.2) is 95.8 Å². The summed E-state index contributed by atoms with van der Waals surface area (Å²) in [7, 11) is -3.91. The molecule has 0 spiro atoms. The first-order valence-corrected chi connectivity index (χ1v) is 31.9. The SMILES string of the molecule is C/C(=C\C(=O)N[C@H]1CCc2cccc3c2N(C1=O)[C@H](C(=O)N[C@@H](CCC(N)=O)[C@@H](C)OCc1ccc(CCCCc2cccc4c2n(C)c(=O)n4C2CCC(=O)NC2=O)cc1)C3)c1ccc(C(F)(F)P(=O)(OCOC(=O)C(C)(C)C)OCOC(=O)C(C)(C)C)cc1. The second kappa shape index (κ2) is 28.5. The molecular formula is C66H80F2N7O15P. The van der Waals surface area contributed by atoms with Gasteiger partial charge in [-0.25, -0.2) is 4.79 Å². The summed E-state index contributed by atoms with van der Waals surface area (Å²) in [6.45, 7) is 10.2. The number of aromatic nitrogens is 2. The lowest BCUT2D eigenvalue weighted by Crippen LogP contribution is -2.56. The Kier molecular flexibility index (Phi) is 21.6. The van der Waals surface area contributed by atoms with Gasteiger partial charge >= 0.3 is 30.9 Å². The third-order valence-corrected chi connectivity index (χ3v) is 18.3. The summed E-state index contributed by atoms with van der Waals surface area (Å²) in [5.41, 5.74) is 5.06. The lowest BCUT2D eigenvalue weighted by molar-refractivity contribution is -0.163. The third-order valence-electron chi connectivity index (χ3n) is 16.5. The third kappa shape index (κ3) is 16.1. The molecule has 1 unspecified atom stereocenters. The number of imide groups is 1. The van der Waals surface area contributed by atoms with Crippen LogP contribution in [0.2, 0.25) is 0 Å². The highest BCUT2D eigenvalue weighted by Gasteiger charge is 2.56. The fraction of sp³-hybridized carbons (Fsp3) is 0.470. The van der Waals surface area contributed by atoms with Crippen molar-refractivity contribution in [2.24, 2.45) is 23.6 Å². The molecule has 1 saturated heterocycles. The van der Waals surface area contributed by atoms with Crippen molar-refractivity contribution in [3.63, 3.8) is 0 Å². The number of unbranched alkanes of at least 4 members (excludes halogenated alkanes) is 1. The van der Waals surface area contributed by atoms with Crippen molar-refractivity contribution in [3.8, 4) is 0 Å². The lowest BCUT2D eigenvalue weighted by atomic mass is 9.98. The Bertz CT molecular complexity index is 3700. The number of benzene rings is 4. The van der Waals surface area contributed by atoms with Crippen LogP contribution in [0.3, 0.4) is 0 Å². The Balaban J connectivity index is 0.875. The number of allylic oxidation sites excluding steroid dienone is 1. The van der Waals surface area contributed by atoms with E-state index in [0.717, 1.165) is 64.7 Å². The van der Waals surface area contributed by atoms with Gasteiger partial charge in [-0.05, 0) is 152 Å². The van der Waals surface area contributed by atoms with Crippen molar-refractivity contribution in [1.82, 2.24) is 25.1 Å². The van der Waals surface area contributed by atoms with Gasteiger partial charge in [-0.3, -0.25) is 71.3 Å². The van der Waals surface area contributed by atoms with Crippen molar-refractivity contribution >= 4 is 77.3 Å². The van der Waals surface area contributed by atoms with E-state index in [-0.39, 0.29) is 62.3 Å². The number of ether oxygens (including phenoxy) is 3. The number of carbonyl (C=O) groups excluding carboxylic acids is 8. The first kappa shape index (κ1) is 68.7. The first-order valence-electron chi connectivity index (χ1n) is 30.3. The second-order valence-electron chi connectivity index (χ2n) is 25.4. The molecule has 25 heteroatoms. The standard InChI is InChI=1S/C66H80F2N7O15P/c1-39(43-24-27-47(28-25-43)66(67,68)91(85,89-37-87-61(82)64(3,4)5)90-38-88-62(83)65(6,7)8)34-55(78)70-49-29-26-45-16-12-18-46-35-52(75(56(45)46)60(49)81)59(80)71-48(30-32-53(69)76)40(2)86-36-42-22-20-41(21-23-42)14-10-11-15-44-17-13-19-50-57(44)73(9)63(84)74(50)51-31-33-54(77)72-58(51)79/h12-13,16-25,27-28,34,40,48-49,51-52H,10-11,14-15,26,29-33,35-38H2,1-9H3,(H2,69,76)(H,70,78)(H,71,80)(H,72,77,79)/b39-34+/t40-,48+,49+,51?,52+/m1/s1. The first-order chi connectivity index (χ1) is 42.9. The average Bonchev–Trinajstić information content (AvgIpc) is 1.71. The molecule has 4 heterocycles. The van der Waals surface area contributed by atoms with E-state index in [2.05, 4.69) is 16.0 Å². The monoisotopic (exact) mass is 1280 g/mol. The summed E-state index contributed by atoms with van der Waals surface area (Å²) < 4.78 is 75.6. The summed E-state index contributed by atoms with van der Waals surface area (Å²) in [6, 6.07) is 20.0. The molecule has 0 aliphatic carbocycles. The molecular weight excluding hydrogens is 1200 g/mol. The van der Waals surface area contributed by atoms with Gasteiger partial charge in [0.1, 0.15) is 18.1 Å². The maximum Gasteiger partial charge on any atom is 0.410 e. The zero-order valence-corrected chi connectivity index (χ0v) is 53.6. The van der Waals surface area contributed by atoms with E-state index in [1.54, 1.807) is 25.5 Å². The Labute approximate surface area is 526 Å². The molecule has 8 rings (SSSR count).